The van der Waals surface area contributed by atoms with Crippen molar-refractivity contribution in [3.8, 4) is 0 Å². The first-order valence-electron chi connectivity index (χ1n) is 9.14. The van der Waals surface area contributed by atoms with E-state index in [1.54, 1.807) is 0 Å². The zero-order chi connectivity index (χ0) is 20.5. The number of benzene rings is 1. The predicted molar refractivity (Wildman–Crippen MR) is 92.0 cm³/mol. The largest absolute Gasteiger partial charge is 0.480 e. The Morgan fingerprint density at radius 3 is 2.64 bits per heavy atom. The Balaban J connectivity index is 1.68. The van der Waals surface area contributed by atoms with E-state index in [4.69, 9.17) is 0 Å². The Morgan fingerprint density at radius 1 is 1.21 bits per heavy atom. The Morgan fingerprint density at radius 2 is 1.96 bits per heavy atom. The molecule has 1 aromatic rings. The lowest BCUT2D eigenvalue weighted by molar-refractivity contribution is -0.153. The number of nitrogens with zero attached hydrogens (tertiary/aromatic N) is 2. The minimum Gasteiger partial charge on any atom is -0.480 e. The quantitative estimate of drug-likeness (QED) is 0.846. The molecule has 28 heavy (non-hydrogen) atoms. The first-order valence-corrected chi connectivity index (χ1v) is 9.14. The van der Waals surface area contributed by atoms with Gasteiger partial charge in [-0.15, -0.1) is 0 Å². The standard InChI is InChI=1S/C19H21F3N2O4/c20-19(21,22)14-5-3-4-12(8-14)10-23-11-13(9-16(23)25)17(26)24-7-2-1-6-15(24)18(27)28/h3-5,8,13,15H,1-2,6-7,9-11H2,(H,27,28)/t13?,15-/m1/s1. The van der Waals surface area contributed by atoms with Crippen molar-refractivity contribution in [2.75, 3.05) is 13.1 Å². The van der Waals surface area contributed by atoms with E-state index in [2.05, 4.69) is 0 Å². The van der Waals surface area contributed by atoms with Crippen LogP contribution >= 0.6 is 0 Å². The molecule has 2 atom stereocenters. The molecular formula is C19H21F3N2O4. The van der Waals surface area contributed by atoms with E-state index in [0.29, 0.717) is 24.9 Å². The van der Waals surface area contributed by atoms with Gasteiger partial charge >= 0.3 is 12.1 Å². The summed E-state index contributed by atoms with van der Waals surface area (Å²) >= 11 is 0. The zero-order valence-corrected chi connectivity index (χ0v) is 15.1. The fourth-order valence-corrected chi connectivity index (χ4v) is 3.84. The summed E-state index contributed by atoms with van der Waals surface area (Å²) in [5.41, 5.74) is -0.459. The maximum Gasteiger partial charge on any atom is 0.416 e. The molecule has 1 unspecified atom stereocenters. The van der Waals surface area contributed by atoms with Crippen molar-refractivity contribution in [2.45, 2.75) is 44.4 Å². The van der Waals surface area contributed by atoms with Crippen molar-refractivity contribution < 1.29 is 32.7 Å². The lowest BCUT2D eigenvalue weighted by Gasteiger charge is -2.34. The molecule has 0 spiro atoms. The summed E-state index contributed by atoms with van der Waals surface area (Å²) in [7, 11) is 0. The molecule has 2 amide bonds. The molecule has 9 heteroatoms. The molecule has 0 saturated carbocycles. The minimum absolute atomic E-state index is 0.0190. The Hall–Kier alpha value is -2.58. The lowest BCUT2D eigenvalue weighted by atomic mass is 9.98. The number of carboxylic acids is 1. The predicted octanol–water partition coefficient (Wildman–Crippen LogP) is 2.52. The third kappa shape index (κ3) is 4.28. The second-order valence-electron chi connectivity index (χ2n) is 7.25. The lowest BCUT2D eigenvalue weighted by Crippen LogP contribution is -2.50. The Kier molecular flexibility index (Phi) is 5.62. The van der Waals surface area contributed by atoms with Crippen LogP contribution in [0.15, 0.2) is 24.3 Å². The second kappa shape index (κ2) is 7.81. The van der Waals surface area contributed by atoms with Gasteiger partial charge < -0.3 is 14.9 Å². The smallest absolute Gasteiger partial charge is 0.416 e. The van der Waals surface area contributed by atoms with Crippen molar-refractivity contribution >= 4 is 17.8 Å². The number of carbonyl (C=O) groups is 3. The Labute approximate surface area is 159 Å². The first-order chi connectivity index (χ1) is 13.2. The van der Waals surface area contributed by atoms with Gasteiger partial charge in [-0.3, -0.25) is 9.59 Å². The van der Waals surface area contributed by atoms with E-state index >= 15 is 0 Å². The van der Waals surface area contributed by atoms with Crippen LogP contribution in [0, 0.1) is 5.92 Å². The van der Waals surface area contributed by atoms with E-state index < -0.39 is 29.7 Å². The van der Waals surface area contributed by atoms with Gasteiger partial charge in [0, 0.05) is 26.1 Å². The van der Waals surface area contributed by atoms with Crippen molar-refractivity contribution in [1.82, 2.24) is 9.80 Å². The highest BCUT2D eigenvalue weighted by Gasteiger charge is 2.41. The topological polar surface area (TPSA) is 77.9 Å². The summed E-state index contributed by atoms with van der Waals surface area (Å²) in [6.07, 6.45) is -2.70. The first kappa shape index (κ1) is 20.2. The molecule has 0 radical (unpaired) electrons. The number of aliphatic carboxylic acids is 1. The van der Waals surface area contributed by atoms with E-state index in [1.807, 2.05) is 0 Å². The van der Waals surface area contributed by atoms with Gasteiger partial charge in [0.1, 0.15) is 6.04 Å². The number of amides is 2. The second-order valence-corrected chi connectivity index (χ2v) is 7.25. The number of likely N-dealkylation sites (tertiary alicyclic amines) is 2. The number of halogens is 3. The average Bonchev–Trinajstić information content (AvgIpc) is 3.01. The molecule has 2 saturated heterocycles. The maximum atomic E-state index is 12.9. The molecule has 2 fully saturated rings. The van der Waals surface area contributed by atoms with E-state index in [1.165, 1.54) is 21.9 Å². The monoisotopic (exact) mass is 398 g/mol. The van der Waals surface area contributed by atoms with Crippen molar-refractivity contribution in [2.24, 2.45) is 5.92 Å². The van der Waals surface area contributed by atoms with Crippen LogP contribution in [-0.4, -0.2) is 51.8 Å². The molecule has 2 aliphatic heterocycles. The van der Waals surface area contributed by atoms with Crippen LogP contribution in [0.1, 0.15) is 36.8 Å². The Bertz CT molecular complexity index is 781. The molecule has 0 aliphatic carbocycles. The summed E-state index contributed by atoms with van der Waals surface area (Å²) in [6, 6.07) is 3.86. The van der Waals surface area contributed by atoms with Gasteiger partial charge in [0.25, 0.3) is 0 Å². The van der Waals surface area contributed by atoms with Gasteiger partial charge in [-0.2, -0.15) is 13.2 Å². The van der Waals surface area contributed by atoms with E-state index in [-0.39, 0.29) is 31.3 Å². The van der Waals surface area contributed by atoms with Gasteiger partial charge in [-0.05, 0) is 37.0 Å². The van der Waals surface area contributed by atoms with E-state index in [9.17, 15) is 32.7 Å². The molecular weight excluding hydrogens is 377 g/mol. The highest BCUT2D eigenvalue weighted by atomic mass is 19.4. The summed E-state index contributed by atoms with van der Waals surface area (Å²) in [6.45, 7) is 0.403. The van der Waals surface area contributed by atoms with Crippen LogP contribution in [0.3, 0.4) is 0 Å². The average molecular weight is 398 g/mol. The van der Waals surface area contributed by atoms with Crippen LogP contribution in [0.25, 0.3) is 0 Å². The van der Waals surface area contributed by atoms with Crippen LogP contribution in [0.2, 0.25) is 0 Å². The molecule has 6 nitrogen and oxygen atoms in total. The van der Waals surface area contributed by atoms with Gasteiger partial charge in [0.05, 0.1) is 11.5 Å². The molecule has 0 aromatic heterocycles. The number of rotatable bonds is 4. The fourth-order valence-electron chi connectivity index (χ4n) is 3.84. The van der Waals surface area contributed by atoms with Crippen LogP contribution in [0.4, 0.5) is 13.2 Å². The van der Waals surface area contributed by atoms with Gasteiger partial charge in [-0.1, -0.05) is 12.1 Å². The van der Waals surface area contributed by atoms with Gasteiger partial charge in [0.15, 0.2) is 0 Å². The molecule has 1 aromatic carbocycles. The summed E-state index contributed by atoms with van der Waals surface area (Å²) in [5.74, 6) is -2.41. The van der Waals surface area contributed by atoms with Crippen LogP contribution < -0.4 is 0 Å². The van der Waals surface area contributed by atoms with Gasteiger partial charge in [-0.25, -0.2) is 4.79 Å². The van der Waals surface area contributed by atoms with Crippen molar-refractivity contribution in [1.29, 1.82) is 0 Å². The number of piperidine rings is 1. The summed E-state index contributed by atoms with van der Waals surface area (Å²) in [5, 5.41) is 9.33. The SMILES string of the molecule is O=C(O)[C@H]1CCCCN1C(=O)C1CC(=O)N(Cc2cccc(C(F)(F)F)c2)C1. The van der Waals surface area contributed by atoms with Crippen LogP contribution in [-0.2, 0) is 27.1 Å². The zero-order valence-electron chi connectivity index (χ0n) is 15.1. The molecule has 2 aliphatic rings. The molecule has 1 N–H and O–H groups in total. The number of hydrogen-bond acceptors (Lipinski definition) is 3. The number of alkyl halides is 3. The third-order valence-corrected chi connectivity index (χ3v) is 5.26. The molecule has 2 heterocycles. The summed E-state index contributed by atoms with van der Waals surface area (Å²) in [4.78, 5) is 39.2. The highest BCUT2D eigenvalue weighted by Crippen LogP contribution is 2.31. The number of hydrogen-bond donors (Lipinski definition) is 1. The highest BCUT2D eigenvalue weighted by molar-refractivity contribution is 5.91. The number of carboxylic acid groups (broad SMARTS) is 1. The van der Waals surface area contributed by atoms with Crippen molar-refractivity contribution in [3.63, 3.8) is 0 Å². The fraction of sp³-hybridized carbons (Fsp3) is 0.526. The van der Waals surface area contributed by atoms with E-state index in [0.717, 1.165) is 18.6 Å². The molecule has 0 bridgehead atoms. The van der Waals surface area contributed by atoms with Crippen LogP contribution in [0.5, 0.6) is 0 Å². The van der Waals surface area contributed by atoms with Gasteiger partial charge in [0.2, 0.25) is 11.8 Å². The number of carbonyl (C=O) groups excluding carboxylic acids is 2. The molecule has 152 valence electrons. The normalized spacial score (nSPS) is 23.2. The minimum atomic E-state index is -4.47. The van der Waals surface area contributed by atoms with Crippen molar-refractivity contribution in [3.05, 3.63) is 35.4 Å². The third-order valence-electron chi connectivity index (χ3n) is 5.26. The molecule has 3 rings (SSSR count). The summed E-state index contributed by atoms with van der Waals surface area (Å²) < 4.78 is 38.6. The maximum absolute atomic E-state index is 12.9.